The fourth-order valence-electron chi connectivity index (χ4n) is 3.38. The monoisotopic (exact) mass is 332 g/mol. The Morgan fingerprint density at radius 2 is 1.46 bits per heavy atom. The van der Waals surface area contributed by atoms with Crippen LogP contribution >= 0.6 is 0 Å². The van der Waals surface area contributed by atoms with Gasteiger partial charge in [-0.1, -0.05) is 69.0 Å². The van der Waals surface area contributed by atoms with Crippen LogP contribution < -0.4 is 0 Å². The molecule has 0 N–H and O–H groups in total. The van der Waals surface area contributed by atoms with Crippen LogP contribution in [0.4, 0.5) is 0 Å². The normalized spacial score (nSPS) is 18.8. The standard InChI is InChI=1S/C12H22N2O.C7H8.C2H6/c1-11(15)13-7-9-14(10-8-13)12-5-3-2-4-6-12;1-7-5-3-2-4-6-7;1-2/h12H,2-10H2,1H3;2-6H,1H3;1-2H3. The average molecular weight is 333 g/mol. The summed E-state index contributed by atoms with van der Waals surface area (Å²) in [7, 11) is 0. The second-order valence-electron chi connectivity index (χ2n) is 6.49. The molecule has 1 heterocycles. The quantitative estimate of drug-likeness (QED) is 0.756. The number of amides is 1. The number of carbonyl (C=O) groups is 1. The van der Waals surface area contributed by atoms with Crippen LogP contribution in [0.2, 0.25) is 0 Å². The molecule has 1 saturated heterocycles. The number of piperazine rings is 1. The van der Waals surface area contributed by atoms with Crippen LogP contribution in [0.25, 0.3) is 0 Å². The molecule has 1 aromatic rings. The van der Waals surface area contributed by atoms with Crippen LogP contribution in [-0.4, -0.2) is 47.9 Å². The molecule has 136 valence electrons. The highest BCUT2D eigenvalue weighted by Gasteiger charge is 2.25. The fourth-order valence-corrected chi connectivity index (χ4v) is 3.38. The summed E-state index contributed by atoms with van der Waals surface area (Å²) >= 11 is 0. The Morgan fingerprint density at radius 1 is 0.917 bits per heavy atom. The highest BCUT2D eigenvalue weighted by Crippen LogP contribution is 2.23. The van der Waals surface area contributed by atoms with E-state index in [-0.39, 0.29) is 5.91 Å². The Balaban J connectivity index is 0.000000268. The van der Waals surface area contributed by atoms with Gasteiger partial charge in [0.05, 0.1) is 0 Å². The SMILES string of the molecule is CC.CC(=O)N1CCN(C2CCCCC2)CC1.Cc1ccccc1. The second kappa shape index (κ2) is 12.1. The zero-order chi connectivity index (χ0) is 17.8. The molecule has 0 aromatic heterocycles. The largest absolute Gasteiger partial charge is 0.340 e. The molecule has 0 radical (unpaired) electrons. The van der Waals surface area contributed by atoms with Gasteiger partial charge in [-0.25, -0.2) is 0 Å². The van der Waals surface area contributed by atoms with Crippen molar-refractivity contribution >= 4 is 5.91 Å². The van der Waals surface area contributed by atoms with Crippen LogP contribution in [0.3, 0.4) is 0 Å². The lowest BCUT2D eigenvalue weighted by Crippen LogP contribution is -2.51. The van der Waals surface area contributed by atoms with Gasteiger partial charge in [0, 0.05) is 39.1 Å². The zero-order valence-electron chi connectivity index (χ0n) is 16.1. The Morgan fingerprint density at radius 3 is 1.88 bits per heavy atom. The van der Waals surface area contributed by atoms with E-state index in [0.717, 1.165) is 32.2 Å². The minimum atomic E-state index is 0.235. The predicted octanol–water partition coefficient (Wildman–Crippen LogP) is 4.50. The third kappa shape index (κ3) is 7.48. The second-order valence-corrected chi connectivity index (χ2v) is 6.49. The van der Waals surface area contributed by atoms with Crippen molar-refractivity contribution in [3.63, 3.8) is 0 Å². The molecule has 0 spiro atoms. The third-order valence-corrected chi connectivity index (χ3v) is 4.79. The highest BCUT2D eigenvalue weighted by atomic mass is 16.2. The van der Waals surface area contributed by atoms with Gasteiger partial charge in [0.25, 0.3) is 0 Å². The molecule has 24 heavy (non-hydrogen) atoms. The topological polar surface area (TPSA) is 23.6 Å². The van der Waals surface area contributed by atoms with Crippen molar-refractivity contribution < 1.29 is 4.79 Å². The van der Waals surface area contributed by atoms with Gasteiger partial charge >= 0.3 is 0 Å². The molecule has 1 aromatic carbocycles. The van der Waals surface area contributed by atoms with E-state index in [1.807, 2.05) is 36.9 Å². The number of hydrogen-bond acceptors (Lipinski definition) is 2. The molecular weight excluding hydrogens is 296 g/mol. The first-order chi connectivity index (χ1) is 11.7. The van der Waals surface area contributed by atoms with Crippen molar-refractivity contribution in [2.75, 3.05) is 26.2 Å². The molecule has 2 aliphatic rings. The van der Waals surface area contributed by atoms with E-state index in [9.17, 15) is 4.79 Å². The Bertz CT molecular complexity index is 432. The van der Waals surface area contributed by atoms with Gasteiger partial charge in [0.1, 0.15) is 0 Å². The lowest BCUT2D eigenvalue weighted by molar-refractivity contribution is -0.131. The van der Waals surface area contributed by atoms with Crippen molar-refractivity contribution in [3.8, 4) is 0 Å². The lowest BCUT2D eigenvalue weighted by atomic mass is 9.94. The van der Waals surface area contributed by atoms with Gasteiger partial charge < -0.3 is 4.90 Å². The molecule has 1 amide bonds. The van der Waals surface area contributed by atoms with Gasteiger partial charge in [-0.15, -0.1) is 0 Å². The molecule has 3 nitrogen and oxygen atoms in total. The van der Waals surface area contributed by atoms with Crippen LogP contribution in [0.1, 0.15) is 58.4 Å². The fraction of sp³-hybridized carbons (Fsp3) is 0.667. The Labute approximate surface area is 149 Å². The van der Waals surface area contributed by atoms with Crippen LogP contribution in [0, 0.1) is 6.92 Å². The third-order valence-electron chi connectivity index (χ3n) is 4.79. The van der Waals surface area contributed by atoms with E-state index in [0.29, 0.717) is 0 Å². The van der Waals surface area contributed by atoms with Gasteiger partial charge in [-0.05, 0) is 19.8 Å². The summed E-state index contributed by atoms with van der Waals surface area (Å²) in [6.45, 7) is 11.8. The first-order valence-corrected chi connectivity index (χ1v) is 9.68. The first-order valence-electron chi connectivity index (χ1n) is 9.68. The molecule has 1 aliphatic heterocycles. The van der Waals surface area contributed by atoms with E-state index >= 15 is 0 Å². The Kier molecular flexibility index (Phi) is 10.4. The van der Waals surface area contributed by atoms with Crippen molar-refractivity contribution in [3.05, 3.63) is 35.9 Å². The number of hydrogen-bond donors (Lipinski definition) is 0. The van der Waals surface area contributed by atoms with Crippen LogP contribution in [0.5, 0.6) is 0 Å². The Hall–Kier alpha value is -1.35. The van der Waals surface area contributed by atoms with E-state index in [1.54, 1.807) is 6.92 Å². The number of benzene rings is 1. The van der Waals surface area contributed by atoms with Crippen LogP contribution in [-0.2, 0) is 4.79 Å². The van der Waals surface area contributed by atoms with Gasteiger partial charge in [-0.2, -0.15) is 0 Å². The lowest BCUT2D eigenvalue weighted by Gasteiger charge is -2.40. The first kappa shape index (κ1) is 20.7. The highest BCUT2D eigenvalue weighted by molar-refractivity contribution is 5.73. The summed E-state index contributed by atoms with van der Waals surface area (Å²) in [5, 5.41) is 0. The molecule has 3 rings (SSSR count). The molecule has 1 aliphatic carbocycles. The molecule has 1 saturated carbocycles. The van der Waals surface area contributed by atoms with E-state index in [2.05, 4.69) is 24.0 Å². The van der Waals surface area contributed by atoms with Crippen molar-refractivity contribution in [1.82, 2.24) is 9.80 Å². The molecule has 0 atom stereocenters. The molecule has 3 heteroatoms. The minimum Gasteiger partial charge on any atom is -0.340 e. The molecular formula is C21H36N2O. The number of rotatable bonds is 1. The van der Waals surface area contributed by atoms with Crippen molar-refractivity contribution in [1.29, 1.82) is 0 Å². The summed E-state index contributed by atoms with van der Waals surface area (Å²) in [6.07, 6.45) is 6.97. The summed E-state index contributed by atoms with van der Waals surface area (Å²) in [5.41, 5.74) is 1.32. The average Bonchev–Trinajstić information content (AvgIpc) is 2.65. The molecule has 0 unspecified atom stereocenters. The number of carbonyl (C=O) groups excluding carboxylic acids is 1. The van der Waals surface area contributed by atoms with Gasteiger partial charge in [0.2, 0.25) is 5.91 Å². The van der Waals surface area contributed by atoms with Crippen LogP contribution in [0.15, 0.2) is 30.3 Å². The van der Waals surface area contributed by atoms with E-state index < -0.39 is 0 Å². The van der Waals surface area contributed by atoms with Crippen molar-refractivity contribution in [2.24, 2.45) is 0 Å². The van der Waals surface area contributed by atoms with E-state index in [1.165, 1.54) is 37.7 Å². The summed E-state index contributed by atoms with van der Waals surface area (Å²) < 4.78 is 0. The minimum absolute atomic E-state index is 0.235. The number of aryl methyl sites for hydroxylation is 1. The maximum atomic E-state index is 11.2. The maximum absolute atomic E-state index is 11.2. The summed E-state index contributed by atoms with van der Waals surface area (Å²) in [6, 6.07) is 11.1. The number of nitrogens with zero attached hydrogens (tertiary/aromatic N) is 2. The summed E-state index contributed by atoms with van der Waals surface area (Å²) in [5.74, 6) is 0.235. The maximum Gasteiger partial charge on any atom is 0.219 e. The van der Waals surface area contributed by atoms with Gasteiger partial charge in [-0.3, -0.25) is 9.69 Å². The van der Waals surface area contributed by atoms with Crippen molar-refractivity contribution in [2.45, 2.75) is 65.8 Å². The zero-order valence-corrected chi connectivity index (χ0v) is 16.1. The van der Waals surface area contributed by atoms with Gasteiger partial charge in [0.15, 0.2) is 0 Å². The smallest absolute Gasteiger partial charge is 0.219 e. The van der Waals surface area contributed by atoms with E-state index in [4.69, 9.17) is 0 Å². The summed E-state index contributed by atoms with van der Waals surface area (Å²) in [4.78, 5) is 15.8. The predicted molar refractivity (Wildman–Crippen MR) is 103 cm³/mol. The molecule has 0 bridgehead atoms. The molecule has 2 fully saturated rings.